The second-order valence-corrected chi connectivity index (χ2v) is 8.46. The molecule has 0 radical (unpaired) electrons. The quantitative estimate of drug-likeness (QED) is 0.321. The Labute approximate surface area is 205 Å². The van der Waals surface area contributed by atoms with E-state index in [1.807, 2.05) is 24.4 Å². The number of anilines is 2. The van der Waals surface area contributed by atoms with E-state index in [4.69, 9.17) is 4.74 Å². The molecule has 2 aromatic heterocycles. The summed E-state index contributed by atoms with van der Waals surface area (Å²) in [5.41, 5.74) is 2.23. The lowest BCUT2D eigenvalue weighted by atomic mass is 10.2. The number of carbonyl (C=O) groups excluding carboxylic acids is 2. The number of rotatable bonds is 8. The number of aryl methyl sites for hydroxylation is 1. The number of nitrogens with one attached hydrogen (secondary N) is 2. The van der Waals surface area contributed by atoms with Gasteiger partial charge in [-0.3, -0.25) is 14.6 Å². The van der Waals surface area contributed by atoms with Crippen molar-refractivity contribution in [3.63, 3.8) is 0 Å². The molecule has 0 atom stereocenters. The summed E-state index contributed by atoms with van der Waals surface area (Å²) < 4.78 is 19.5. The van der Waals surface area contributed by atoms with Gasteiger partial charge in [-0.05, 0) is 61.0 Å². The number of nitrogens with zero attached hydrogens (tertiary/aromatic N) is 2. The van der Waals surface area contributed by atoms with Gasteiger partial charge < -0.3 is 15.4 Å². The minimum absolute atomic E-state index is 0.130. The van der Waals surface area contributed by atoms with E-state index in [0.717, 1.165) is 22.3 Å². The molecule has 2 aromatic carbocycles. The highest BCUT2D eigenvalue weighted by atomic mass is 32.1. The van der Waals surface area contributed by atoms with Crippen molar-refractivity contribution in [3.8, 4) is 5.75 Å². The van der Waals surface area contributed by atoms with E-state index < -0.39 is 17.6 Å². The molecule has 2 amide bonds. The summed E-state index contributed by atoms with van der Waals surface area (Å²) in [6, 6.07) is 15.9. The smallest absolute Gasteiger partial charge is 0.274 e. The fourth-order valence-corrected chi connectivity index (χ4v) is 3.66. The van der Waals surface area contributed by atoms with Crippen LogP contribution in [0.4, 0.5) is 15.8 Å². The van der Waals surface area contributed by atoms with Gasteiger partial charge in [0.25, 0.3) is 5.91 Å². The molecule has 0 spiro atoms. The van der Waals surface area contributed by atoms with Gasteiger partial charge in [-0.2, -0.15) is 0 Å². The first-order valence-electron chi connectivity index (χ1n) is 10.6. The van der Waals surface area contributed by atoms with Gasteiger partial charge in [-0.25, -0.2) is 9.37 Å². The lowest BCUT2D eigenvalue weighted by Gasteiger charge is -2.11. The highest BCUT2D eigenvalue weighted by molar-refractivity contribution is 7.09. The van der Waals surface area contributed by atoms with Crippen LogP contribution in [0.1, 0.15) is 26.8 Å². The third-order valence-electron chi connectivity index (χ3n) is 4.75. The molecule has 2 heterocycles. The Morgan fingerprint density at radius 2 is 1.89 bits per heavy atom. The highest BCUT2D eigenvalue weighted by Gasteiger charge is 2.12. The first-order valence-corrected chi connectivity index (χ1v) is 11.5. The molecule has 4 rings (SSSR count). The molecule has 0 saturated heterocycles. The van der Waals surface area contributed by atoms with Crippen molar-refractivity contribution in [1.82, 2.24) is 9.97 Å². The molecule has 0 unspecified atom stereocenters. The molecule has 4 aromatic rings. The zero-order valence-corrected chi connectivity index (χ0v) is 19.5. The summed E-state index contributed by atoms with van der Waals surface area (Å²) in [4.78, 5) is 33.2. The van der Waals surface area contributed by atoms with Crippen molar-refractivity contribution in [2.75, 3.05) is 10.6 Å². The predicted molar refractivity (Wildman–Crippen MR) is 134 cm³/mol. The fourth-order valence-electron chi connectivity index (χ4n) is 3.07. The zero-order chi connectivity index (χ0) is 24.6. The Bertz CT molecular complexity index is 1350. The number of amides is 2. The Kier molecular flexibility index (Phi) is 7.59. The van der Waals surface area contributed by atoms with Crippen molar-refractivity contribution in [3.05, 3.63) is 106 Å². The maximum absolute atomic E-state index is 13.8. The number of benzene rings is 2. The lowest BCUT2D eigenvalue weighted by Crippen LogP contribution is -2.16. The first-order chi connectivity index (χ1) is 17.0. The monoisotopic (exact) mass is 488 g/mol. The van der Waals surface area contributed by atoms with Gasteiger partial charge in [0.2, 0.25) is 5.91 Å². The van der Waals surface area contributed by atoms with E-state index in [-0.39, 0.29) is 17.1 Å². The Morgan fingerprint density at radius 1 is 1.06 bits per heavy atom. The summed E-state index contributed by atoms with van der Waals surface area (Å²) in [6.45, 7) is 2.33. The summed E-state index contributed by atoms with van der Waals surface area (Å²) in [6.07, 6.45) is 4.44. The number of thiazole rings is 1. The molecule has 0 aliphatic rings. The molecule has 0 bridgehead atoms. The lowest BCUT2D eigenvalue weighted by molar-refractivity contribution is -0.111. The number of aromatic nitrogens is 2. The van der Waals surface area contributed by atoms with Gasteiger partial charge in [-0.1, -0.05) is 18.2 Å². The van der Waals surface area contributed by atoms with Gasteiger partial charge in [0, 0.05) is 17.7 Å². The van der Waals surface area contributed by atoms with Crippen LogP contribution < -0.4 is 15.4 Å². The molecule has 35 heavy (non-hydrogen) atoms. The first kappa shape index (κ1) is 23.8. The van der Waals surface area contributed by atoms with Crippen LogP contribution in [0.15, 0.2) is 78.3 Å². The maximum Gasteiger partial charge on any atom is 0.274 e. The fraction of sp³-hybridized carbons (Fsp3) is 0.0769. The van der Waals surface area contributed by atoms with Crippen molar-refractivity contribution >= 4 is 40.6 Å². The molecule has 0 aliphatic carbocycles. The standard InChI is InChI=1S/C26H21FN4O3S/c1-17-29-20(16-35-17)15-34-21-9-5-18(6-10-21)7-12-25(32)30-24-14-19(27)8-11-22(24)31-26(33)23-4-2-3-13-28-23/h2-14,16H,15H2,1H3,(H,30,32)(H,31,33)/b12-7+. The molecule has 0 aliphatic heterocycles. The van der Waals surface area contributed by atoms with Crippen LogP contribution in [0.5, 0.6) is 5.75 Å². The molecule has 176 valence electrons. The largest absolute Gasteiger partial charge is 0.487 e. The number of carbonyl (C=O) groups is 2. The van der Waals surface area contributed by atoms with E-state index >= 15 is 0 Å². The number of hydrogen-bond acceptors (Lipinski definition) is 6. The van der Waals surface area contributed by atoms with E-state index in [9.17, 15) is 14.0 Å². The molecular formula is C26H21FN4O3S. The highest BCUT2D eigenvalue weighted by Crippen LogP contribution is 2.24. The van der Waals surface area contributed by atoms with Gasteiger partial charge in [0.15, 0.2) is 0 Å². The van der Waals surface area contributed by atoms with Crippen LogP contribution in [-0.4, -0.2) is 21.8 Å². The van der Waals surface area contributed by atoms with Crippen LogP contribution in [0.25, 0.3) is 6.08 Å². The van der Waals surface area contributed by atoms with Crippen molar-refractivity contribution in [1.29, 1.82) is 0 Å². The van der Waals surface area contributed by atoms with Gasteiger partial charge >= 0.3 is 0 Å². The van der Waals surface area contributed by atoms with E-state index in [1.165, 1.54) is 24.4 Å². The van der Waals surface area contributed by atoms with Crippen molar-refractivity contribution in [2.45, 2.75) is 13.5 Å². The van der Waals surface area contributed by atoms with Crippen LogP contribution >= 0.6 is 11.3 Å². The van der Waals surface area contributed by atoms with E-state index in [2.05, 4.69) is 20.6 Å². The average Bonchev–Trinajstić information content (AvgIpc) is 3.29. The Balaban J connectivity index is 1.36. The van der Waals surface area contributed by atoms with E-state index in [0.29, 0.717) is 12.4 Å². The Hall–Kier alpha value is -4.37. The molecule has 0 fully saturated rings. The minimum atomic E-state index is -0.552. The number of pyridine rings is 1. The summed E-state index contributed by atoms with van der Waals surface area (Å²) in [5, 5.41) is 8.19. The van der Waals surface area contributed by atoms with Crippen LogP contribution in [0, 0.1) is 12.7 Å². The van der Waals surface area contributed by atoms with E-state index in [1.54, 1.807) is 47.7 Å². The molecular weight excluding hydrogens is 467 g/mol. The van der Waals surface area contributed by atoms with Gasteiger partial charge in [0.1, 0.15) is 23.9 Å². The third kappa shape index (κ3) is 6.81. The van der Waals surface area contributed by atoms with Crippen LogP contribution in [-0.2, 0) is 11.4 Å². The van der Waals surface area contributed by atoms with Gasteiger partial charge in [-0.15, -0.1) is 11.3 Å². The summed E-state index contributed by atoms with van der Waals surface area (Å²) >= 11 is 1.57. The van der Waals surface area contributed by atoms with Crippen molar-refractivity contribution in [2.24, 2.45) is 0 Å². The minimum Gasteiger partial charge on any atom is -0.487 e. The number of hydrogen-bond donors (Lipinski definition) is 2. The van der Waals surface area contributed by atoms with Crippen LogP contribution in [0.3, 0.4) is 0 Å². The second-order valence-electron chi connectivity index (χ2n) is 7.40. The number of halogens is 1. The zero-order valence-electron chi connectivity index (χ0n) is 18.7. The summed E-state index contributed by atoms with van der Waals surface area (Å²) in [7, 11) is 0. The molecule has 7 nitrogen and oxygen atoms in total. The van der Waals surface area contributed by atoms with Crippen LogP contribution in [0.2, 0.25) is 0 Å². The normalized spacial score (nSPS) is 10.8. The average molecular weight is 489 g/mol. The Morgan fingerprint density at radius 3 is 2.60 bits per heavy atom. The van der Waals surface area contributed by atoms with Gasteiger partial charge in [0.05, 0.1) is 22.1 Å². The second kappa shape index (κ2) is 11.2. The third-order valence-corrected chi connectivity index (χ3v) is 5.57. The summed E-state index contributed by atoms with van der Waals surface area (Å²) in [5.74, 6) is -0.826. The topological polar surface area (TPSA) is 93.2 Å². The number of ether oxygens (including phenoxy) is 1. The molecule has 2 N–H and O–H groups in total. The molecule has 0 saturated carbocycles. The predicted octanol–water partition coefficient (Wildman–Crippen LogP) is 5.47. The molecule has 9 heteroatoms. The SMILES string of the molecule is Cc1nc(COc2ccc(/C=C/C(=O)Nc3cc(F)ccc3NC(=O)c3ccccn3)cc2)cs1. The maximum atomic E-state index is 13.8. The van der Waals surface area contributed by atoms with Crippen molar-refractivity contribution < 1.29 is 18.7 Å².